The number of nitrogens with one attached hydrogen (secondary N) is 1. The van der Waals surface area contributed by atoms with Crippen molar-refractivity contribution in [2.24, 2.45) is 0 Å². The van der Waals surface area contributed by atoms with E-state index in [1.54, 1.807) is 11.0 Å². The Balaban J connectivity index is 2.09. The highest BCUT2D eigenvalue weighted by atomic mass is 32.2. The van der Waals surface area contributed by atoms with Crippen LogP contribution in [-0.2, 0) is 11.9 Å². The van der Waals surface area contributed by atoms with E-state index in [-0.39, 0.29) is 28.4 Å². The van der Waals surface area contributed by atoms with Crippen molar-refractivity contribution in [3.63, 3.8) is 0 Å². The highest BCUT2D eigenvalue weighted by Gasteiger charge is 2.34. The summed E-state index contributed by atoms with van der Waals surface area (Å²) in [6, 6.07) is 4.11. The number of hydrogen-bond donors (Lipinski definition) is 1. The van der Waals surface area contributed by atoms with Crippen LogP contribution in [0.4, 0.5) is 19.0 Å². The molecule has 0 bridgehead atoms. The molecule has 0 saturated carbocycles. The van der Waals surface area contributed by atoms with Crippen LogP contribution < -0.4 is 10.2 Å². The summed E-state index contributed by atoms with van der Waals surface area (Å²) in [5, 5.41) is 2.74. The van der Waals surface area contributed by atoms with Gasteiger partial charge in [0.15, 0.2) is 16.6 Å². The van der Waals surface area contributed by atoms with Crippen LogP contribution in [0.1, 0.15) is 35.9 Å². The minimum Gasteiger partial charge on any atom is -0.455 e. The Hall–Kier alpha value is -2.27. The van der Waals surface area contributed by atoms with Crippen LogP contribution in [0.15, 0.2) is 27.8 Å². The molecule has 0 aliphatic rings. The molecule has 11 heteroatoms. The summed E-state index contributed by atoms with van der Waals surface area (Å²) < 4.78 is 45.2. The Morgan fingerprint density at radius 1 is 1.20 bits per heavy atom. The van der Waals surface area contributed by atoms with Crippen LogP contribution in [0, 0.1) is 0 Å². The third-order valence-corrected chi connectivity index (χ3v) is 5.01. The van der Waals surface area contributed by atoms with Crippen LogP contribution in [0.2, 0.25) is 0 Å². The fourth-order valence-electron chi connectivity index (χ4n) is 2.53. The largest absolute Gasteiger partial charge is 0.455 e. The molecule has 1 N–H and O–H groups in total. The number of thioether (sulfide) groups is 1. The minimum atomic E-state index is -4.57. The predicted octanol–water partition coefficient (Wildman–Crippen LogP) is 3.52. The van der Waals surface area contributed by atoms with E-state index in [0.29, 0.717) is 31.9 Å². The number of furan rings is 1. The van der Waals surface area contributed by atoms with Crippen LogP contribution >= 0.6 is 11.8 Å². The summed E-state index contributed by atoms with van der Waals surface area (Å²) in [5.41, 5.74) is -0.984. The number of carbonyl (C=O) groups excluding carboxylic acids is 1. The van der Waals surface area contributed by atoms with Crippen LogP contribution in [0.5, 0.6) is 0 Å². The molecule has 7 nitrogen and oxygen atoms in total. The lowest BCUT2D eigenvalue weighted by atomic mass is 10.3. The lowest BCUT2D eigenvalue weighted by Crippen LogP contribution is -2.31. The fourth-order valence-corrected chi connectivity index (χ4v) is 3.27. The first kappa shape index (κ1) is 24.0. The first-order chi connectivity index (χ1) is 14.1. The minimum absolute atomic E-state index is 0.000101. The predicted molar refractivity (Wildman–Crippen MR) is 110 cm³/mol. The standard InChI is InChI=1S/C19H26F3N5O2S/c1-5-27(6-2)16-11-15(19(20,21)22)24-18(25-16)30-12-13-7-8-14(29-13)17(28)23-9-10-26(3)4/h7-8,11H,5-6,9-10,12H2,1-4H3,(H,23,28). The first-order valence-electron chi connectivity index (χ1n) is 9.49. The van der Waals surface area contributed by atoms with Gasteiger partial charge in [0.2, 0.25) is 0 Å². The van der Waals surface area contributed by atoms with Crippen molar-refractivity contribution in [3.05, 3.63) is 35.4 Å². The van der Waals surface area contributed by atoms with Crippen molar-refractivity contribution < 1.29 is 22.4 Å². The van der Waals surface area contributed by atoms with Crippen LogP contribution in [0.3, 0.4) is 0 Å². The molecule has 1 amide bonds. The lowest BCUT2D eigenvalue weighted by molar-refractivity contribution is -0.141. The van der Waals surface area contributed by atoms with Gasteiger partial charge in [-0.05, 0) is 40.1 Å². The molecule has 0 aliphatic heterocycles. The van der Waals surface area contributed by atoms with Gasteiger partial charge in [-0.3, -0.25) is 4.79 Å². The van der Waals surface area contributed by atoms with E-state index in [9.17, 15) is 18.0 Å². The van der Waals surface area contributed by atoms with Gasteiger partial charge >= 0.3 is 6.18 Å². The van der Waals surface area contributed by atoms with Gasteiger partial charge in [-0.15, -0.1) is 0 Å². The zero-order chi connectivity index (χ0) is 22.3. The van der Waals surface area contributed by atoms with Gasteiger partial charge in [-0.25, -0.2) is 9.97 Å². The molecule has 2 rings (SSSR count). The monoisotopic (exact) mass is 445 g/mol. The summed E-state index contributed by atoms with van der Waals surface area (Å²) in [7, 11) is 3.80. The second-order valence-electron chi connectivity index (χ2n) is 6.68. The molecule has 0 aliphatic carbocycles. The van der Waals surface area contributed by atoms with Crippen molar-refractivity contribution in [1.82, 2.24) is 20.2 Å². The van der Waals surface area contributed by atoms with Gasteiger partial charge < -0.3 is 19.5 Å². The Kier molecular flexibility index (Phi) is 8.54. The Labute approximate surface area is 178 Å². The van der Waals surface area contributed by atoms with Crippen molar-refractivity contribution in [3.8, 4) is 0 Å². The quantitative estimate of drug-likeness (QED) is 0.443. The van der Waals surface area contributed by atoms with E-state index in [0.717, 1.165) is 17.8 Å². The second-order valence-corrected chi connectivity index (χ2v) is 7.62. The van der Waals surface area contributed by atoms with Crippen molar-refractivity contribution in [1.29, 1.82) is 0 Å². The molecule has 0 saturated heterocycles. The Bertz CT molecular complexity index is 838. The van der Waals surface area contributed by atoms with E-state index in [1.165, 1.54) is 6.07 Å². The molecule has 0 spiro atoms. The molecular weight excluding hydrogens is 419 g/mol. The third-order valence-electron chi connectivity index (χ3n) is 4.14. The molecule has 0 aromatic carbocycles. The number of hydrogen-bond acceptors (Lipinski definition) is 7. The number of aromatic nitrogens is 2. The maximum absolute atomic E-state index is 13.2. The Morgan fingerprint density at radius 2 is 1.90 bits per heavy atom. The topological polar surface area (TPSA) is 74.5 Å². The van der Waals surface area contributed by atoms with E-state index in [2.05, 4.69) is 15.3 Å². The van der Waals surface area contributed by atoms with Crippen molar-refractivity contribution in [2.75, 3.05) is 45.2 Å². The molecular formula is C19H26F3N5O2S. The maximum Gasteiger partial charge on any atom is 0.433 e. The number of halogens is 3. The molecule has 166 valence electrons. The third kappa shape index (κ3) is 6.91. The summed E-state index contributed by atoms with van der Waals surface area (Å²) in [6.45, 7) is 5.91. The highest BCUT2D eigenvalue weighted by molar-refractivity contribution is 7.98. The molecule has 0 atom stereocenters. The normalized spacial score (nSPS) is 11.7. The SMILES string of the molecule is CCN(CC)c1cc(C(F)(F)F)nc(SCc2ccc(C(=O)NCCN(C)C)o2)n1. The maximum atomic E-state index is 13.2. The van der Waals surface area contributed by atoms with E-state index in [4.69, 9.17) is 4.42 Å². The number of anilines is 1. The Morgan fingerprint density at radius 3 is 2.50 bits per heavy atom. The van der Waals surface area contributed by atoms with E-state index in [1.807, 2.05) is 32.8 Å². The van der Waals surface area contributed by atoms with E-state index < -0.39 is 11.9 Å². The van der Waals surface area contributed by atoms with Crippen molar-refractivity contribution >= 4 is 23.5 Å². The summed E-state index contributed by atoms with van der Waals surface area (Å²) in [6.07, 6.45) is -4.57. The second kappa shape index (κ2) is 10.7. The fraction of sp³-hybridized carbons (Fsp3) is 0.526. The molecule has 0 radical (unpaired) electrons. The molecule has 30 heavy (non-hydrogen) atoms. The van der Waals surface area contributed by atoms with Crippen LogP contribution in [-0.4, -0.2) is 61.0 Å². The van der Waals surface area contributed by atoms with Gasteiger partial charge in [0.1, 0.15) is 11.6 Å². The van der Waals surface area contributed by atoms with Gasteiger partial charge in [-0.1, -0.05) is 11.8 Å². The molecule has 0 unspecified atom stereocenters. The number of likely N-dealkylation sites (N-methyl/N-ethyl adjacent to an activating group) is 1. The van der Waals surface area contributed by atoms with Crippen molar-refractivity contribution in [2.45, 2.75) is 30.9 Å². The smallest absolute Gasteiger partial charge is 0.433 e. The van der Waals surface area contributed by atoms with Crippen LogP contribution in [0.25, 0.3) is 0 Å². The number of alkyl halides is 3. The molecule has 0 fully saturated rings. The zero-order valence-corrected chi connectivity index (χ0v) is 18.2. The molecule has 2 aromatic heterocycles. The van der Waals surface area contributed by atoms with Gasteiger partial charge in [0.25, 0.3) is 5.91 Å². The zero-order valence-electron chi connectivity index (χ0n) is 17.4. The average Bonchev–Trinajstić information content (AvgIpc) is 3.15. The summed E-state index contributed by atoms with van der Waals surface area (Å²) in [5.74, 6) is 0.683. The summed E-state index contributed by atoms with van der Waals surface area (Å²) in [4.78, 5) is 23.6. The number of nitrogens with zero attached hydrogens (tertiary/aromatic N) is 4. The lowest BCUT2D eigenvalue weighted by Gasteiger charge is -2.21. The first-order valence-corrected chi connectivity index (χ1v) is 10.5. The average molecular weight is 446 g/mol. The highest BCUT2D eigenvalue weighted by Crippen LogP contribution is 2.32. The van der Waals surface area contributed by atoms with Gasteiger partial charge in [0, 0.05) is 32.2 Å². The van der Waals surface area contributed by atoms with E-state index >= 15 is 0 Å². The molecule has 2 aromatic rings. The summed E-state index contributed by atoms with van der Waals surface area (Å²) >= 11 is 1.02. The number of rotatable bonds is 10. The molecule has 2 heterocycles. The number of carbonyl (C=O) groups is 1. The van der Waals surface area contributed by atoms with Gasteiger partial charge in [0.05, 0.1) is 5.75 Å². The number of amides is 1. The van der Waals surface area contributed by atoms with Gasteiger partial charge in [-0.2, -0.15) is 13.2 Å².